The molecule has 0 saturated carbocycles. The van der Waals surface area contributed by atoms with Crippen molar-refractivity contribution in [3.05, 3.63) is 12.2 Å². The van der Waals surface area contributed by atoms with E-state index in [9.17, 15) is 0 Å². The van der Waals surface area contributed by atoms with Crippen LogP contribution >= 0.6 is 0 Å². The lowest BCUT2D eigenvalue weighted by Crippen LogP contribution is -2.19. The molecular weight excluding hydrogens is 329 g/mol. The van der Waals surface area contributed by atoms with Gasteiger partial charge in [0.15, 0.2) is 0 Å². The van der Waals surface area contributed by atoms with Crippen molar-refractivity contribution in [3.63, 3.8) is 0 Å². The number of hydrogen-bond acceptors (Lipinski definition) is 5. The van der Waals surface area contributed by atoms with Gasteiger partial charge in [0.25, 0.3) is 0 Å². The van der Waals surface area contributed by atoms with Crippen LogP contribution in [0.2, 0.25) is 0 Å². The number of aliphatic hydroxyl groups excluding tert-OH is 1. The summed E-state index contributed by atoms with van der Waals surface area (Å²) in [5, 5.41) is 33.4. The number of aliphatic hydroxyl groups is 1. The van der Waals surface area contributed by atoms with Crippen LogP contribution in [-0.2, 0) is 0 Å². The molecule has 0 aliphatic carbocycles. The molecule has 0 spiro atoms. The summed E-state index contributed by atoms with van der Waals surface area (Å²) < 4.78 is 0. The molecule has 0 radical (unpaired) electrons. The summed E-state index contributed by atoms with van der Waals surface area (Å²) in [6, 6.07) is 0. The molecule has 5 nitrogen and oxygen atoms in total. The molecule has 0 unspecified atom stereocenters. The summed E-state index contributed by atoms with van der Waals surface area (Å²) in [5.74, 6) is 0. The Morgan fingerprint density at radius 3 is 1.54 bits per heavy atom. The highest BCUT2D eigenvalue weighted by molar-refractivity contribution is 6.30. The lowest BCUT2D eigenvalue weighted by Gasteiger charge is -2.02. The van der Waals surface area contributed by atoms with Crippen LogP contribution < -0.4 is 5.32 Å². The van der Waals surface area contributed by atoms with E-state index in [1.807, 2.05) is 0 Å². The maximum absolute atomic E-state index is 8.63. The number of allylic oxidation sites excluding steroid dienone is 2. The number of rotatable bonds is 18. The molecule has 26 heavy (non-hydrogen) atoms. The Labute approximate surface area is 162 Å². The molecule has 0 saturated heterocycles. The van der Waals surface area contributed by atoms with Crippen molar-refractivity contribution in [1.82, 2.24) is 5.32 Å². The average Bonchev–Trinajstić information content (AvgIpc) is 2.60. The van der Waals surface area contributed by atoms with Crippen molar-refractivity contribution in [2.75, 3.05) is 19.7 Å². The number of unbranched alkanes of at least 4 members (excludes halogenated alkanes) is 12. The summed E-state index contributed by atoms with van der Waals surface area (Å²) in [4.78, 5) is 0. The normalized spacial score (nSPS) is 10.8. The predicted molar refractivity (Wildman–Crippen MR) is 112 cm³/mol. The molecule has 0 rings (SSSR count). The van der Waals surface area contributed by atoms with Gasteiger partial charge in [0.05, 0.1) is 6.61 Å². The molecule has 0 heterocycles. The molecule has 6 heteroatoms. The third-order valence-electron chi connectivity index (χ3n) is 4.15. The lowest BCUT2D eigenvalue weighted by atomic mass is 10.1. The molecule has 5 N–H and O–H groups in total. The second-order valence-electron chi connectivity index (χ2n) is 6.76. The maximum atomic E-state index is 8.63. The Balaban J connectivity index is 0. The second-order valence-corrected chi connectivity index (χ2v) is 6.76. The van der Waals surface area contributed by atoms with E-state index in [-0.39, 0.29) is 6.61 Å². The van der Waals surface area contributed by atoms with Gasteiger partial charge in [-0.1, -0.05) is 76.9 Å². The first kappa shape index (κ1) is 27.8. The van der Waals surface area contributed by atoms with Crippen LogP contribution in [0.4, 0.5) is 0 Å². The zero-order valence-electron chi connectivity index (χ0n) is 17.0. The molecule has 0 aliphatic heterocycles. The van der Waals surface area contributed by atoms with Crippen molar-refractivity contribution in [2.45, 2.75) is 96.8 Å². The molecule has 0 aromatic carbocycles. The van der Waals surface area contributed by atoms with E-state index in [1.54, 1.807) is 0 Å². The largest absolute Gasteiger partial charge is 0.631 e. The van der Waals surface area contributed by atoms with Crippen LogP contribution in [0, 0.1) is 0 Å². The molecule has 0 aliphatic rings. The predicted octanol–water partition coefficient (Wildman–Crippen LogP) is 3.55. The third kappa shape index (κ3) is 34.8. The topological polar surface area (TPSA) is 93.0 Å². The Hall–Kier alpha value is -0.395. The molecule has 0 fully saturated rings. The van der Waals surface area contributed by atoms with Gasteiger partial charge in [0, 0.05) is 6.54 Å². The standard InChI is InChI=1S/C20H41NO.BH3O3/c1-2-3-4-5-6-7-8-9-10-11-12-13-14-15-16-17-18-21-19-20-22;2-1(3)4/h9-10,21-22H,2-8,11-20H2,1H3;2-4H/b10-9-;. The summed E-state index contributed by atoms with van der Waals surface area (Å²) in [5.41, 5.74) is 0. The van der Waals surface area contributed by atoms with E-state index in [1.165, 1.54) is 89.9 Å². The summed E-state index contributed by atoms with van der Waals surface area (Å²) >= 11 is 0. The van der Waals surface area contributed by atoms with E-state index < -0.39 is 7.32 Å². The van der Waals surface area contributed by atoms with Gasteiger partial charge in [0.1, 0.15) is 0 Å². The molecule has 0 bridgehead atoms. The first-order valence-electron chi connectivity index (χ1n) is 10.7. The zero-order chi connectivity index (χ0) is 19.7. The van der Waals surface area contributed by atoms with Gasteiger partial charge in [0.2, 0.25) is 0 Å². The molecular formula is C20H44BNO4. The van der Waals surface area contributed by atoms with Crippen molar-refractivity contribution >= 4 is 7.32 Å². The maximum Gasteiger partial charge on any atom is 0.631 e. The summed E-state index contributed by atoms with van der Waals surface area (Å²) in [7, 11) is -2.17. The Kier molecular flexibility index (Phi) is 28.7. The van der Waals surface area contributed by atoms with E-state index in [2.05, 4.69) is 24.4 Å². The minimum absolute atomic E-state index is 0.256. The van der Waals surface area contributed by atoms with E-state index in [4.69, 9.17) is 20.2 Å². The number of nitrogens with one attached hydrogen (secondary N) is 1. The van der Waals surface area contributed by atoms with Gasteiger partial charge in [-0.05, 0) is 38.6 Å². The van der Waals surface area contributed by atoms with Crippen LogP contribution in [0.1, 0.15) is 96.8 Å². The second kappa shape index (κ2) is 26.8. The zero-order valence-corrected chi connectivity index (χ0v) is 17.0. The van der Waals surface area contributed by atoms with Crippen LogP contribution in [-0.4, -0.2) is 47.2 Å². The van der Waals surface area contributed by atoms with Gasteiger partial charge >= 0.3 is 7.32 Å². The van der Waals surface area contributed by atoms with Gasteiger partial charge in [-0.15, -0.1) is 0 Å². The van der Waals surface area contributed by atoms with E-state index in [0.717, 1.165) is 13.1 Å². The number of hydrogen-bond donors (Lipinski definition) is 5. The van der Waals surface area contributed by atoms with Gasteiger partial charge in [-0.3, -0.25) is 0 Å². The molecule has 0 atom stereocenters. The Morgan fingerprint density at radius 2 is 1.08 bits per heavy atom. The fourth-order valence-corrected chi connectivity index (χ4v) is 2.70. The van der Waals surface area contributed by atoms with Gasteiger partial charge in [-0.25, -0.2) is 0 Å². The third-order valence-corrected chi connectivity index (χ3v) is 4.15. The smallest absolute Gasteiger partial charge is 0.402 e. The van der Waals surface area contributed by atoms with E-state index >= 15 is 0 Å². The quantitative estimate of drug-likeness (QED) is 0.144. The molecule has 0 aromatic heterocycles. The SMILES string of the molecule is CCCCCCCC/C=C\CCCCCCCCNCCO.OB(O)O. The average molecular weight is 373 g/mol. The highest BCUT2D eigenvalue weighted by Gasteiger charge is 1.93. The van der Waals surface area contributed by atoms with Crippen LogP contribution in [0.3, 0.4) is 0 Å². The highest BCUT2D eigenvalue weighted by atomic mass is 16.5. The van der Waals surface area contributed by atoms with Crippen LogP contribution in [0.15, 0.2) is 12.2 Å². The Morgan fingerprint density at radius 1 is 0.654 bits per heavy atom. The summed E-state index contributed by atoms with van der Waals surface area (Å²) in [6.45, 7) is 4.33. The van der Waals surface area contributed by atoms with Gasteiger partial charge < -0.3 is 25.5 Å². The first-order valence-corrected chi connectivity index (χ1v) is 10.7. The van der Waals surface area contributed by atoms with Crippen molar-refractivity contribution in [2.24, 2.45) is 0 Å². The fraction of sp³-hybridized carbons (Fsp3) is 0.900. The van der Waals surface area contributed by atoms with Crippen LogP contribution in [0.25, 0.3) is 0 Å². The van der Waals surface area contributed by atoms with Crippen molar-refractivity contribution < 1.29 is 20.2 Å². The lowest BCUT2D eigenvalue weighted by molar-refractivity contribution is 0.278. The van der Waals surface area contributed by atoms with Crippen molar-refractivity contribution in [3.8, 4) is 0 Å². The molecule has 156 valence electrons. The minimum Gasteiger partial charge on any atom is -0.402 e. The monoisotopic (exact) mass is 373 g/mol. The first-order chi connectivity index (χ1) is 12.6. The Bertz CT molecular complexity index is 263. The molecule has 0 aromatic rings. The summed E-state index contributed by atoms with van der Waals surface area (Å²) in [6.07, 6.45) is 23.8. The van der Waals surface area contributed by atoms with Crippen LogP contribution in [0.5, 0.6) is 0 Å². The van der Waals surface area contributed by atoms with Gasteiger partial charge in [-0.2, -0.15) is 0 Å². The van der Waals surface area contributed by atoms with Crippen molar-refractivity contribution in [1.29, 1.82) is 0 Å². The van der Waals surface area contributed by atoms with E-state index in [0.29, 0.717) is 0 Å². The fourth-order valence-electron chi connectivity index (χ4n) is 2.70. The molecule has 0 amide bonds. The minimum atomic E-state index is -2.17. The highest BCUT2D eigenvalue weighted by Crippen LogP contribution is 2.09.